The van der Waals surface area contributed by atoms with Gasteiger partial charge in [0.25, 0.3) is 0 Å². The summed E-state index contributed by atoms with van der Waals surface area (Å²) in [5, 5.41) is 7.06. The Balaban J connectivity index is 1.85. The second kappa shape index (κ2) is 5.31. The molecule has 2 rings (SSSR count). The number of aryl methyl sites for hydroxylation is 1. The van der Waals surface area contributed by atoms with Crippen molar-refractivity contribution >= 4 is 5.91 Å². The van der Waals surface area contributed by atoms with Gasteiger partial charge in [-0.25, -0.2) is 0 Å². The molecule has 1 aromatic heterocycles. The summed E-state index contributed by atoms with van der Waals surface area (Å²) < 4.78 is 7.19. The normalized spacial score (nSPS) is 21.4. The number of hydrogen-bond acceptors (Lipinski definition) is 3. The van der Waals surface area contributed by atoms with E-state index < -0.39 is 0 Å². The Morgan fingerprint density at radius 1 is 1.76 bits per heavy atom. The van der Waals surface area contributed by atoms with Crippen LogP contribution in [0.1, 0.15) is 31.5 Å². The van der Waals surface area contributed by atoms with Crippen molar-refractivity contribution in [3.63, 3.8) is 0 Å². The summed E-state index contributed by atoms with van der Waals surface area (Å²) in [6, 6.07) is 1.62. The maximum absolute atomic E-state index is 11.9. The third kappa shape index (κ3) is 2.85. The number of carbonyl (C=O) groups is 1. The van der Waals surface area contributed by atoms with Gasteiger partial charge >= 0.3 is 0 Å². The molecule has 5 heteroatoms. The summed E-state index contributed by atoms with van der Waals surface area (Å²) in [6.07, 6.45) is 4.02. The van der Waals surface area contributed by atoms with Crippen molar-refractivity contribution in [3.05, 3.63) is 18.0 Å². The van der Waals surface area contributed by atoms with Crippen LogP contribution in [0.15, 0.2) is 12.3 Å². The van der Waals surface area contributed by atoms with Crippen molar-refractivity contribution in [1.82, 2.24) is 15.1 Å². The zero-order chi connectivity index (χ0) is 12.3. The van der Waals surface area contributed by atoms with E-state index in [-0.39, 0.29) is 18.1 Å². The summed E-state index contributed by atoms with van der Waals surface area (Å²) in [7, 11) is 0. The Kier molecular flexibility index (Phi) is 3.78. The molecule has 2 atom stereocenters. The summed E-state index contributed by atoms with van der Waals surface area (Å²) in [5.41, 5.74) is 0.991. The lowest BCUT2D eigenvalue weighted by Crippen LogP contribution is -2.36. The Morgan fingerprint density at radius 3 is 3.18 bits per heavy atom. The van der Waals surface area contributed by atoms with Gasteiger partial charge in [0, 0.05) is 25.0 Å². The van der Waals surface area contributed by atoms with Gasteiger partial charge < -0.3 is 10.1 Å². The van der Waals surface area contributed by atoms with Crippen LogP contribution in [0.25, 0.3) is 0 Å². The molecule has 1 fully saturated rings. The molecule has 0 spiro atoms. The summed E-state index contributed by atoms with van der Waals surface area (Å²) >= 11 is 0. The summed E-state index contributed by atoms with van der Waals surface area (Å²) in [4.78, 5) is 11.9. The van der Waals surface area contributed by atoms with Crippen molar-refractivity contribution in [1.29, 1.82) is 0 Å². The zero-order valence-corrected chi connectivity index (χ0v) is 10.3. The van der Waals surface area contributed by atoms with E-state index in [1.54, 1.807) is 10.9 Å². The van der Waals surface area contributed by atoms with Gasteiger partial charge in [0.1, 0.15) is 6.04 Å². The first-order valence-corrected chi connectivity index (χ1v) is 6.08. The molecular weight excluding hydrogens is 218 g/mol. The molecule has 0 bridgehead atoms. The van der Waals surface area contributed by atoms with Crippen LogP contribution in [-0.4, -0.2) is 34.9 Å². The molecule has 1 aliphatic heterocycles. The van der Waals surface area contributed by atoms with Crippen LogP contribution >= 0.6 is 0 Å². The smallest absolute Gasteiger partial charge is 0.244 e. The lowest BCUT2D eigenvalue weighted by Gasteiger charge is -2.16. The molecule has 94 valence electrons. The van der Waals surface area contributed by atoms with Gasteiger partial charge in [-0.1, -0.05) is 0 Å². The molecule has 0 radical (unpaired) electrons. The lowest BCUT2D eigenvalue weighted by molar-refractivity contribution is -0.124. The van der Waals surface area contributed by atoms with Crippen LogP contribution in [0.2, 0.25) is 0 Å². The highest BCUT2D eigenvalue weighted by Gasteiger charge is 2.20. The lowest BCUT2D eigenvalue weighted by atomic mass is 10.2. The van der Waals surface area contributed by atoms with Gasteiger partial charge in [0.15, 0.2) is 0 Å². The van der Waals surface area contributed by atoms with E-state index in [0.29, 0.717) is 6.54 Å². The van der Waals surface area contributed by atoms with Crippen LogP contribution in [0.3, 0.4) is 0 Å². The number of ether oxygens (including phenoxy) is 1. The van der Waals surface area contributed by atoms with Crippen LogP contribution < -0.4 is 5.32 Å². The molecule has 5 nitrogen and oxygen atoms in total. The summed E-state index contributed by atoms with van der Waals surface area (Å²) in [5.74, 6) is -0.00713. The first kappa shape index (κ1) is 12.1. The third-order valence-corrected chi connectivity index (χ3v) is 3.14. The van der Waals surface area contributed by atoms with E-state index in [0.717, 1.165) is 25.1 Å². The Morgan fingerprint density at radius 2 is 2.59 bits per heavy atom. The van der Waals surface area contributed by atoms with Crippen molar-refractivity contribution in [3.8, 4) is 0 Å². The average molecular weight is 237 g/mol. The first-order valence-electron chi connectivity index (χ1n) is 6.08. The molecule has 1 saturated heterocycles. The molecule has 1 N–H and O–H groups in total. The number of nitrogens with one attached hydrogen (secondary N) is 1. The number of nitrogens with zero attached hydrogens (tertiary/aromatic N) is 2. The molecule has 2 unspecified atom stereocenters. The van der Waals surface area contributed by atoms with E-state index in [9.17, 15) is 4.79 Å². The molecular formula is C12H19N3O2. The van der Waals surface area contributed by atoms with E-state index >= 15 is 0 Å². The maximum Gasteiger partial charge on any atom is 0.244 e. The van der Waals surface area contributed by atoms with Gasteiger partial charge in [0.05, 0.1) is 6.10 Å². The van der Waals surface area contributed by atoms with Gasteiger partial charge in [-0.05, 0) is 32.8 Å². The SMILES string of the molecule is Cc1ccnn1C(C)C(=O)NCC1CCCO1. The van der Waals surface area contributed by atoms with Gasteiger partial charge in [-0.3, -0.25) is 9.48 Å². The van der Waals surface area contributed by atoms with Crippen molar-refractivity contribution in [2.75, 3.05) is 13.2 Å². The van der Waals surface area contributed by atoms with Crippen LogP contribution in [-0.2, 0) is 9.53 Å². The van der Waals surface area contributed by atoms with Crippen molar-refractivity contribution in [2.24, 2.45) is 0 Å². The Labute approximate surface area is 101 Å². The monoisotopic (exact) mass is 237 g/mol. The number of rotatable bonds is 4. The molecule has 2 heterocycles. The van der Waals surface area contributed by atoms with E-state index in [1.165, 1.54) is 0 Å². The number of carbonyl (C=O) groups excluding carboxylic acids is 1. The highest BCUT2D eigenvalue weighted by molar-refractivity contribution is 5.79. The Hall–Kier alpha value is -1.36. The fourth-order valence-electron chi connectivity index (χ4n) is 2.06. The topological polar surface area (TPSA) is 56.2 Å². The highest BCUT2D eigenvalue weighted by atomic mass is 16.5. The van der Waals surface area contributed by atoms with E-state index in [2.05, 4.69) is 10.4 Å². The largest absolute Gasteiger partial charge is 0.376 e. The quantitative estimate of drug-likeness (QED) is 0.851. The van der Waals surface area contributed by atoms with E-state index in [1.807, 2.05) is 19.9 Å². The van der Waals surface area contributed by atoms with Gasteiger partial charge in [0.2, 0.25) is 5.91 Å². The van der Waals surface area contributed by atoms with Gasteiger partial charge in [-0.15, -0.1) is 0 Å². The minimum atomic E-state index is -0.272. The maximum atomic E-state index is 11.9. The van der Waals surface area contributed by atoms with Crippen LogP contribution in [0.5, 0.6) is 0 Å². The summed E-state index contributed by atoms with van der Waals surface area (Å²) in [6.45, 7) is 5.21. The van der Waals surface area contributed by atoms with E-state index in [4.69, 9.17) is 4.74 Å². The fraction of sp³-hybridized carbons (Fsp3) is 0.667. The predicted molar refractivity (Wildman–Crippen MR) is 63.7 cm³/mol. The molecule has 1 aromatic rings. The Bertz CT molecular complexity index is 383. The molecule has 17 heavy (non-hydrogen) atoms. The third-order valence-electron chi connectivity index (χ3n) is 3.14. The second-order valence-electron chi connectivity index (χ2n) is 4.47. The van der Waals surface area contributed by atoms with Crippen molar-refractivity contribution < 1.29 is 9.53 Å². The molecule has 1 amide bonds. The fourth-order valence-corrected chi connectivity index (χ4v) is 2.06. The van der Waals surface area contributed by atoms with Crippen LogP contribution in [0.4, 0.5) is 0 Å². The predicted octanol–water partition coefficient (Wildman–Crippen LogP) is 1.05. The second-order valence-corrected chi connectivity index (χ2v) is 4.47. The van der Waals surface area contributed by atoms with Crippen LogP contribution in [0, 0.1) is 6.92 Å². The molecule has 0 aliphatic carbocycles. The average Bonchev–Trinajstić information content (AvgIpc) is 2.95. The molecule has 0 saturated carbocycles. The minimum absolute atomic E-state index is 0.00713. The molecule has 0 aromatic carbocycles. The van der Waals surface area contributed by atoms with Crippen molar-refractivity contribution in [2.45, 2.75) is 38.8 Å². The number of aromatic nitrogens is 2. The number of amides is 1. The molecule has 1 aliphatic rings. The standard InChI is InChI=1S/C12H19N3O2/c1-9-5-6-14-15(9)10(2)12(16)13-8-11-4-3-7-17-11/h5-6,10-11H,3-4,7-8H2,1-2H3,(H,13,16). The highest BCUT2D eigenvalue weighted by Crippen LogP contribution is 2.12. The number of hydrogen-bond donors (Lipinski definition) is 1. The first-order chi connectivity index (χ1) is 8.18. The minimum Gasteiger partial charge on any atom is -0.376 e. The zero-order valence-electron chi connectivity index (χ0n) is 10.3. The van der Waals surface area contributed by atoms with Gasteiger partial charge in [-0.2, -0.15) is 5.10 Å².